The van der Waals surface area contributed by atoms with Crippen LogP contribution in [-0.2, 0) is 14.4 Å². The van der Waals surface area contributed by atoms with Gasteiger partial charge in [-0.05, 0) is 36.7 Å². The fraction of sp³-hybridized carbons (Fsp3) is 0.154. The van der Waals surface area contributed by atoms with Gasteiger partial charge in [0.05, 0.1) is 0 Å². The van der Waals surface area contributed by atoms with Gasteiger partial charge in [-0.15, -0.1) is 0 Å². The summed E-state index contributed by atoms with van der Waals surface area (Å²) in [6, 6.07) is 0. The van der Waals surface area contributed by atoms with Gasteiger partial charge in [0, 0.05) is 0 Å². The zero-order valence-corrected chi connectivity index (χ0v) is 10.2. The van der Waals surface area contributed by atoms with Crippen LogP contribution in [-0.4, -0.2) is 39.0 Å². The first-order chi connectivity index (χ1) is 9.46. The molecule has 2 rings (SSSR count). The van der Waals surface area contributed by atoms with Crippen molar-refractivity contribution in [3.05, 3.63) is 48.9 Å². The minimum atomic E-state index is -2.13. The van der Waals surface area contributed by atoms with Crippen molar-refractivity contribution in [3.8, 4) is 0 Å². The molecule has 2 unspecified atom stereocenters. The summed E-state index contributed by atoms with van der Waals surface area (Å²) in [7, 11) is 0. The number of carbonyl (C=O) groups excluding carboxylic acids is 1. The van der Waals surface area contributed by atoms with E-state index in [1.807, 2.05) is 0 Å². The van der Waals surface area contributed by atoms with Crippen molar-refractivity contribution in [2.75, 3.05) is 0 Å². The monoisotopic (exact) mass is 276 g/mol. The van der Waals surface area contributed by atoms with Crippen LogP contribution in [0.4, 0.5) is 0 Å². The number of Topliss-reactive ketones (excluding diaryl/α,β-unsaturated/α-hetero) is 1. The van der Waals surface area contributed by atoms with Gasteiger partial charge in [0.1, 0.15) is 0 Å². The standard InChI is InChI=1S/C13H12N2O5/c16-9(12(10(17)18)5-1-3-7-14-12)13(11(19)20)6-2-4-8-15-13/h1-8,14-15H,(H,17,18)(H,19,20). The van der Waals surface area contributed by atoms with Gasteiger partial charge in [0.15, 0.2) is 0 Å². The molecule has 2 aliphatic rings. The summed E-state index contributed by atoms with van der Waals surface area (Å²) in [5, 5.41) is 23.6. The first-order valence-corrected chi connectivity index (χ1v) is 5.71. The number of hydrogen-bond donors (Lipinski definition) is 4. The van der Waals surface area contributed by atoms with Crippen LogP contribution < -0.4 is 10.6 Å². The van der Waals surface area contributed by atoms with Crippen molar-refractivity contribution in [2.24, 2.45) is 0 Å². The molecular formula is C13H12N2O5. The normalized spacial score (nSPS) is 30.4. The van der Waals surface area contributed by atoms with Crippen LogP contribution in [0, 0.1) is 0 Å². The third-order valence-electron chi connectivity index (χ3n) is 3.12. The number of ketones is 1. The van der Waals surface area contributed by atoms with Gasteiger partial charge in [0.2, 0.25) is 16.9 Å². The lowest BCUT2D eigenvalue weighted by molar-refractivity contribution is -0.153. The number of allylic oxidation sites excluding steroid dienone is 4. The molecule has 0 aromatic heterocycles. The number of carboxylic acid groups (broad SMARTS) is 2. The van der Waals surface area contributed by atoms with Crippen LogP contribution >= 0.6 is 0 Å². The average Bonchev–Trinajstić information content (AvgIpc) is 2.47. The van der Waals surface area contributed by atoms with Crippen LogP contribution in [0.3, 0.4) is 0 Å². The molecule has 2 heterocycles. The Balaban J connectivity index is 2.51. The van der Waals surface area contributed by atoms with Gasteiger partial charge in [-0.1, -0.05) is 12.2 Å². The molecule has 0 radical (unpaired) electrons. The SMILES string of the molecule is O=C(O)C1(C(=O)C2(C(=O)O)C=CC=CN2)C=CC=CN1. The quantitative estimate of drug-likeness (QED) is 0.514. The molecule has 0 saturated heterocycles. The van der Waals surface area contributed by atoms with E-state index in [4.69, 9.17) is 0 Å². The molecule has 0 aliphatic carbocycles. The van der Waals surface area contributed by atoms with E-state index in [1.165, 1.54) is 36.7 Å². The topological polar surface area (TPSA) is 116 Å². The first kappa shape index (κ1) is 13.6. The van der Waals surface area contributed by atoms with Crippen molar-refractivity contribution in [2.45, 2.75) is 11.1 Å². The van der Waals surface area contributed by atoms with E-state index in [0.717, 1.165) is 12.2 Å². The van der Waals surface area contributed by atoms with Gasteiger partial charge in [-0.2, -0.15) is 0 Å². The predicted octanol–water partition coefficient (Wildman–Crippen LogP) is -0.452. The second kappa shape index (κ2) is 4.69. The first-order valence-electron chi connectivity index (χ1n) is 5.71. The summed E-state index contributed by atoms with van der Waals surface area (Å²) in [5.41, 5.74) is -4.26. The molecule has 0 amide bonds. The number of dihydropyridines is 2. The zero-order chi connectivity index (χ0) is 14.8. The predicted molar refractivity (Wildman–Crippen MR) is 68.6 cm³/mol. The third-order valence-corrected chi connectivity index (χ3v) is 3.12. The number of nitrogens with one attached hydrogen (secondary N) is 2. The molecule has 0 saturated carbocycles. The number of carbonyl (C=O) groups is 3. The molecule has 0 spiro atoms. The highest BCUT2D eigenvalue weighted by Gasteiger charge is 2.57. The summed E-state index contributed by atoms with van der Waals surface area (Å²) >= 11 is 0. The summed E-state index contributed by atoms with van der Waals surface area (Å²) in [5.74, 6) is -3.99. The number of aliphatic carboxylic acids is 2. The Kier molecular flexibility index (Phi) is 3.19. The minimum absolute atomic E-state index is 1.04. The Hall–Kier alpha value is -2.83. The summed E-state index contributed by atoms with van der Waals surface area (Å²) in [4.78, 5) is 35.6. The molecule has 104 valence electrons. The van der Waals surface area contributed by atoms with Crippen molar-refractivity contribution < 1.29 is 24.6 Å². The maximum Gasteiger partial charge on any atom is 0.341 e. The van der Waals surface area contributed by atoms with Crippen molar-refractivity contribution in [3.63, 3.8) is 0 Å². The molecule has 0 fully saturated rings. The molecule has 0 bridgehead atoms. The molecule has 0 aromatic carbocycles. The maximum absolute atomic E-state index is 12.6. The second-order valence-electron chi connectivity index (χ2n) is 4.28. The maximum atomic E-state index is 12.6. The fourth-order valence-electron chi connectivity index (χ4n) is 2.02. The van der Waals surface area contributed by atoms with Gasteiger partial charge in [-0.3, -0.25) is 4.79 Å². The number of carboxylic acids is 2. The van der Waals surface area contributed by atoms with Gasteiger partial charge >= 0.3 is 11.9 Å². The largest absolute Gasteiger partial charge is 0.479 e. The molecule has 0 aromatic rings. The van der Waals surface area contributed by atoms with Crippen LogP contribution in [0.5, 0.6) is 0 Å². The Morgan fingerprint density at radius 1 is 0.750 bits per heavy atom. The third kappa shape index (κ3) is 1.80. The van der Waals surface area contributed by atoms with Gasteiger partial charge in [-0.25, -0.2) is 9.59 Å². The summed E-state index contributed by atoms with van der Waals surface area (Å²) in [6.45, 7) is 0. The van der Waals surface area contributed by atoms with E-state index in [2.05, 4.69) is 10.6 Å². The van der Waals surface area contributed by atoms with Crippen molar-refractivity contribution in [1.29, 1.82) is 0 Å². The van der Waals surface area contributed by atoms with E-state index in [0.29, 0.717) is 0 Å². The van der Waals surface area contributed by atoms with Crippen LogP contribution in [0.1, 0.15) is 0 Å². The molecular weight excluding hydrogens is 264 g/mol. The lowest BCUT2D eigenvalue weighted by Gasteiger charge is -2.35. The molecule has 2 aliphatic heterocycles. The van der Waals surface area contributed by atoms with E-state index >= 15 is 0 Å². The molecule has 2 atom stereocenters. The smallest absolute Gasteiger partial charge is 0.341 e. The van der Waals surface area contributed by atoms with E-state index in [9.17, 15) is 24.6 Å². The summed E-state index contributed by atoms with van der Waals surface area (Å²) in [6.07, 6.45) is 10.6. The molecule has 20 heavy (non-hydrogen) atoms. The Morgan fingerprint density at radius 2 is 1.15 bits per heavy atom. The Morgan fingerprint density at radius 3 is 1.40 bits per heavy atom. The van der Waals surface area contributed by atoms with E-state index < -0.39 is 28.8 Å². The van der Waals surface area contributed by atoms with Crippen molar-refractivity contribution >= 4 is 17.7 Å². The van der Waals surface area contributed by atoms with Gasteiger partial charge in [0.25, 0.3) is 0 Å². The molecule has 7 heteroatoms. The van der Waals surface area contributed by atoms with E-state index in [1.54, 1.807) is 0 Å². The highest BCUT2D eigenvalue weighted by molar-refractivity contribution is 6.23. The van der Waals surface area contributed by atoms with Gasteiger partial charge < -0.3 is 20.8 Å². The van der Waals surface area contributed by atoms with E-state index in [-0.39, 0.29) is 0 Å². The number of hydrogen-bond acceptors (Lipinski definition) is 5. The van der Waals surface area contributed by atoms with Crippen LogP contribution in [0.15, 0.2) is 48.9 Å². The zero-order valence-electron chi connectivity index (χ0n) is 10.2. The second-order valence-corrected chi connectivity index (χ2v) is 4.28. The highest BCUT2D eigenvalue weighted by Crippen LogP contribution is 2.24. The average molecular weight is 276 g/mol. The van der Waals surface area contributed by atoms with Crippen molar-refractivity contribution in [1.82, 2.24) is 10.6 Å². The minimum Gasteiger partial charge on any atom is -0.479 e. The molecule has 4 N–H and O–H groups in total. The number of rotatable bonds is 4. The molecule has 7 nitrogen and oxygen atoms in total. The van der Waals surface area contributed by atoms with Crippen LogP contribution in [0.25, 0.3) is 0 Å². The summed E-state index contributed by atoms with van der Waals surface area (Å²) < 4.78 is 0. The Labute approximate surface area is 114 Å². The van der Waals surface area contributed by atoms with Crippen LogP contribution in [0.2, 0.25) is 0 Å². The lowest BCUT2D eigenvalue weighted by Crippen LogP contribution is -2.68. The lowest BCUT2D eigenvalue weighted by atomic mass is 9.78. The Bertz CT molecular complexity index is 540. The fourth-order valence-corrected chi connectivity index (χ4v) is 2.02. The highest BCUT2D eigenvalue weighted by atomic mass is 16.4.